The summed E-state index contributed by atoms with van der Waals surface area (Å²) in [6, 6.07) is 4.21. The van der Waals surface area contributed by atoms with Crippen molar-refractivity contribution in [3.05, 3.63) is 28.3 Å². The van der Waals surface area contributed by atoms with Crippen molar-refractivity contribution in [2.24, 2.45) is 5.41 Å². The lowest BCUT2D eigenvalue weighted by Gasteiger charge is -2.37. The van der Waals surface area contributed by atoms with Crippen LogP contribution in [0.1, 0.15) is 30.4 Å². The maximum Gasteiger partial charge on any atom is 0.137 e. The van der Waals surface area contributed by atoms with E-state index >= 15 is 0 Å². The van der Waals surface area contributed by atoms with E-state index in [-0.39, 0.29) is 12.4 Å². The van der Waals surface area contributed by atoms with Gasteiger partial charge in [-0.2, -0.15) is 0 Å². The molecule has 100 valence electrons. The molecule has 0 spiro atoms. The van der Waals surface area contributed by atoms with Crippen LogP contribution >= 0.6 is 24.0 Å². The van der Waals surface area contributed by atoms with Gasteiger partial charge in [0.2, 0.25) is 0 Å². The van der Waals surface area contributed by atoms with E-state index in [2.05, 4.69) is 18.3 Å². The molecule has 1 aromatic rings. The Kier molecular flexibility index (Phi) is 3.82. The maximum absolute atomic E-state index is 6.42. The molecular weight excluding hydrogens is 269 g/mol. The van der Waals surface area contributed by atoms with Gasteiger partial charge in [-0.3, -0.25) is 0 Å². The fourth-order valence-electron chi connectivity index (χ4n) is 3.38. The number of nitrogens with one attached hydrogen (secondary N) is 1. The minimum atomic E-state index is 0. The van der Waals surface area contributed by atoms with Crippen molar-refractivity contribution < 1.29 is 4.74 Å². The van der Waals surface area contributed by atoms with Gasteiger partial charge in [-0.15, -0.1) is 12.4 Å². The molecule has 1 N–H and O–H groups in total. The lowest BCUT2D eigenvalue weighted by atomic mass is 9.67. The van der Waals surface area contributed by atoms with Crippen molar-refractivity contribution in [3.63, 3.8) is 0 Å². The minimum absolute atomic E-state index is 0. The molecule has 1 aromatic carbocycles. The third-order valence-corrected chi connectivity index (χ3v) is 4.92. The van der Waals surface area contributed by atoms with Gasteiger partial charge in [0.25, 0.3) is 0 Å². The van der Waals surface area contributed by atoms with Gasteiger partial charge in [-0.1, -0.05) is 24.6 Å². The largest absolute Gasteiger partial charge is 0.495 e. The molecule has 1 fully saturated rings. The molecule has 3 rings (SSSR count). The first-order valence-corrected chi connectivity index (χ1v) is 6.59. The molecule has 1 saturated heterocycles. The van der Waals surface area contributed by atoms with Crippen LogP contribution in [-0.4, -0.2) is 20.2 Å². The number of halogens is 2. The Balaban J connectivity index is 0.00000120. The summed E-state index contributed by atoms with van der Waals surface area (Å²) in [5.74, 6) is 1.41. The molecule has 2 nitrogen and oxygen atoms in total. The molecule has 0 bridgehead atoms. The molecule has 0 aromatic heterocycles. The summed E-state index contributed by atoms with van der Waals surface area (Å²) in [6.45, 7) is 4.59. The molecule has 0 amide bonds. The Morgan fingerprint density at radius 3 is 2.94 bits per heavy atom. The summed E-state index contributed by atoms with van der Waals surface area (Å²) in [5, 5.41) is 4.34. The molecule has 1 aliphatic heterocycles. The third-order valence-electron chi connectivity index (χ3n) is 4.50. The first-order valence-electron chi connectivity index (χ1n) is 6.22. The van der Waals surface area contributed by atoms with E-state index in [0.29, 0.717) is 11.3 Å². The maximum atomic E-state index is 6.42. The predicted molar refractivity (Wildman–Crippen MR) is 77.3 cm³/mol. The highest BCUT2D eigenvalue weighted by Crippen LogP contribution is 2.50. The van der Waals surface area contributed by atoms with Gasteiger partial charge in [0, 0.05) is 19.0 Å². The van der Waals surface area contributed by atoms with Crippen molar-refractivity contribution in [2.75, 3.05) is 20.2 Å². The molecule has 0 saturated carbocycles. The van der Waals surface area contributed by atoms with Gasteiger partial charge in [-0.05, 0) is 35.4 Å². The second-order valence-electron chi connectivity index (χ2n) is 5.49. The van der Waals surface area contributed by atoms with Gasteiger partial charge in [0.1, 0.15) is 5.75 Å². The third kappa shape index (κ3) is 1.91. The van der Waals surface area contributed by atoms with Crippen molar-refractivity contribution >= 4 is 24.0 Å². The SMILES string of the molecule is COc1ccc2c(c1Cl)CC[C@]1(C)CNC[C@@H]21.Cl. The first kappa shape index (κ1) is 14.0. The number of methoxy groups -OCH3 is 1. The van der Waals surface area contributed by atoms with E-state index in [0.717, 1.165) is 30.3 Å². The molecular formula is C14H19Cl2NO. The molecule has 1 heterocycles. The average molecular weight is 288 g/mol. The highest BCUT2D eigenvalue weighted by Gasteiger charge is 2.43. The highest BCUT2D eigenvalue weighted by molar-refractivity contribution is 6.33. The lowest BCUT2D eigenvalue weighted by molar-refractivity contribution is 0.277. The van der Waals surface area contributed by atoms with E-state index in [1.165, 1.54) is 17.5 Å². The highest BCUT2D eigenvalue weighted by atomic mass is 35.5. The van der Waals surface area contributed by atoms with Crippen molar-refractivity contribution in [3.8, 4) is 5.75 Å². The molecule has 2 aliphatic rings. The van der Waals surface area contributed by atoms with Crippen LogP contribution in [0, 0.1) is 5.41 Å². The number of hydrogen-bond donors (Lipinski definition) is 1. The predicted octanol–water partition coefficient (Wildman–Crippen LogP) is 3.41. The van der Waals surface area contributed by atoms with E-state index in [9.17, 15) is 0 Å². The minimum Gasteiger partial charge on any atom is -0.495 e. The van der Waals surface area contributed by atoms with Crippen LogP contribution in [0.2, 0.25) is 5.02 Å². The normalized spacial score (nSPS) is 29.2. The monoisotopic (exact) mass is 287 g/mol. The summed E-state index contributed by atoms with van der Waals surface area (Å²) in [5.41, 5.74) is 3.14. The van der Waals surface area contributed by atoms with E-state index < -0.39 is 0 Å². The Hall–Kier alpha value is -0.440. The number of fused-ring (bicyclic) bond motifs is 3. The van der Waals surface area contributed by atoms with Crippen molar-refractivity contribution in [1.29, 1.82) is 0 Å². The summed E-state index contributed by atoms with van der Waals surface area (Å²) < 4.78 is 5.30. The van der Waals surface area contributed by atoms with Crippen LogP contribution in [0.4, 0.5) is 0 Å². The standard InChI is InChI=1S/C14H18ClNO.ClH/c1-14-6-5-10-9(11(14)7-16-8-14)3-4-12(17-2)13(10)15;/h3-4,11,16H,5-8H2,1-2H3;1H/t11-,14+;/m0./s1. The summed E-state index contributed by atoms with van der Waals surface area (Å²) in [6.07, 6.45) is 2.28. The van der Waals surface area contributed by atoms with Gasteiger partial charge < -0.3 is 10.1 Å². The van der Waals surface area contributed by atoms with Crippen LogP contribution in [0.25, 0.3) is 0 Å². The number of hydrogen-bond acceptors (Lipinski definition) is 2. The Labute approximate surface area is 119 Å². The molecule has 4 heteroatoms. The Morgan fingerprint density at radius 1 is 1.44 bits per heavy atom. The van der Waals surface area contributed by atoms with Gasteiger partial charge in [0.05, 0.1) is 12.1 Å². The fraction of sp³-hybridized carbons (Fsp3) is 0.571. The second-order valence-corrected chi connectivity index (χ2v) is 5.87. The zero-order valence-electron chi connectivity index (χ0n) is 10.8. The summed E-state index contributed by atoms with van der Waals surface area (Å²) in [4.78, 5) is 0. The lowest BCUT2D eigenvalue weighted by Crippen LogP contribution is -2.30. The Bertz CT molecular complexity index is 463. The van der Waals surface area contributed by atoms with Crippen LogP contribution in [0.15, 0.2) is 12.1 Å². The molecule has 0 unspecified atom stereocenters. The molecule has 18 heavy (non-hydrogen) atoms. The van der Waals surface area contributed by atoms with Crippen LogP contribution < -0.4 is 10.1 Å². The molecule has 2 atom stereocenters. The zero-order valence-corrected chi connectivity index (χ0v) is 12.3. The van der Waals surface area contributed by atoms with Crippen LogP contribution in [0.3, 0.4) is 0 Å². The van der Waals surface area contributed by atoms with Crippen LogP contribution in [0.5, 0.6) is 5.75 Å². The van der Waals surface area contributed by atoms with E-state index in [1.54, 1.807) is 7.11 Å². The van der Waals surface area contributed by atoms with Gasteiger partial charge in [-0.25, -0.2) is 0 Å². The molecule has 0 radical (unpaired) electrons. The average Bonchev–Trinajstić information content (AvgIpc) is 2.71. The van der Waals surface area contributed by atoms with E-state index in [1.807, 2.05) is 6.07 Å². The molecule has 1 aliphatic carbocycles. The summed E-state index contributed by atoms with van der Waals surface area (Å²) in [7, 11) is 1.68. The first-order chi connectivity index (χ1) is 8.15. The Morgan fingerprint density at radius 2 is 2.22 bits per heavy atom. The van der Waals surface area contributed by atoms with Crippen LogP contribution in [-0.2, 0) is 6.42 Å². The second kappa shape index (κ2) is 4.92. The number of benzene rings is 1. The zero-order chi connectivity index (χ0) is 12.0. The van der Waals surface area contributed by atoms with Gasteiger partial charge in [0.15, 0.2) is 0 Å². The topological polar surface area (TPSA) is 21.3 Å². The van der Waals surface area contributed by atoms with Crippen molar-refractivity contribution in [1.82, 2.24) is 5.32 Å². The van der Waals surface area contributed by atoms with E-state index in [4.69, 9.17) is 16.3 Å². The number of ether oxygens (including phenoxy) is 1. The fourth-order valence-corrected chi connectivity index (χ4v) is 3.73. The van der Waals surface area contributed by atoms with Crippen molar-refractivity contribution in [2.45, 2.75) is 25.7 Å². The van der Waals surface area contributed by atoms with Gasteiger partial charge >= 0.3 is 0 Å². The quantitative estimate of drug-likeness (QED) is 0.855. The smallest absolute Gasteiger partial charge is 0.137 e. The summed E-state index contributed by atoms with van der Waals surface area (Å²) >= 11 is 6.42. The number of rotatable bonds is 1.